The molecule has 1 aliphatic carbocycles. The summed E-state index contributed by atoms with van der Waals surface area (Å²) in [5.41, 5.74) is 0.0786. The van der Waals surface area contributed by atoms with Gasteiger partial charge < -0.3 is 10.1 Å². The lowest BCUT2D eigenvalue weighted by atomic mass is 9.87. The predicted octanol–water partition coefficient (Wildman–Crippen LogP) is 3.02. The molecule has 0 saturated heterocycles. The maximum Gasteiger partial charge on any atom is 0.338 e. The Labute approximate surface area is 128 Å². The molecular formula is C16H17FN2O3. The summed E-state index contributed by atoms with van der Waals surface area (Å²) in [6.07, 6.45) is 2.81. The highest BCUT2D eigenvalue weighted by molar-refractivity contribution is 5.93. The summed E-state index contributed by atoms with van der Waals surface area (Å²) in [6, 6.07) is 5.80. The molecule has 0 spiro atoms. The lowest BCUT2D eigenvalue weighted by Crippen LogP contribution is -2.29. The van der Waals surface area contributed by atoms with Crippen LogP contribution in [0.1, 0.15) is 43.0 Å². The van der Waals surface area contributed by atoms with Crippen molar-refractivity contribution < 1.29 is 18.7 Å². The molecule has 0 unspecified atom stereocenters. The number of rotatable bonds is 3. The molecule has 1 N–H and O–H groups in total. The van der Waals surface area contributed by atoms with Crippen molar-refractivity contribution in [1.29, 1.82) is 5.26 Å². The number of carbonyl (C=O) groups excluding carboxylic acids is 2. The number of nitriles is 1. The zero-order chi connectivity index (χ0) is 16.1. The molecule has 116 valence electrons. The normalized spacial score (nSPS) is 20.8. The Morgan fingerprint density at radius 2 is 2.09 bits per heavy atom. The summed E-state index contributed by atoms with van der Waals surface area (Å²) in [4.78, 5) is 23.2. The van der Waals surface area contributed by atoms with Gasteiger partial charge in [0.05, 0.1) is 23.2 Å². The monoisotopic (exact) mass is 304 g/mol. The Hall–Kier alpha value is -2.42. The number of esters is 1. The molecule has 2 rings (SSSR count). The number of amides is 1. The van der Waals surface area contributed by atoms with Crippen molar-refractivity contribution in [1.82, 2.24) is 0 Å². The molecule has 0 aromatic heterocycles. The van der Waals surface area contributed by atoms with Gasteiger partial charge in [0.15, 0.2) is 0 Å². The van der Waals surface area contributed by atoms with E-state index >= 15 is 0 Å². The summed E-state index contributed by atoms with van der Waals surface area (Å²) < 4.78 is 18.9. The SMILES string of the molecule is CC(=O)Nc1cc(C(=O)O[C@@H]2CCCC[C@H]2C#N)ccc1F. The number of hydrogen-bond acceptors (Lipinski definition) is 4. The van der Waals surface area contributed by atoms with Gasteiger partial charge in [0.1, 0.15) is 11.9 Å². The molecule has 2 atom stereocenters. The minimum absolute atomic E-state index is 0.0672. The third-order valence-electron chi connectivity index (χ3n) is 3.64. The highest BCUT2D eigenvalue weighted by atomic mass is 19.1. The fourth-order valence-electron chi connectivity index (χ4n) is 2.53. The lowest BCUT2D eigenvalue weighted by molar-refractivity contribution is -0.114. The van der Waals surface area contributed by atoms with Crippen LogP contribution in [0, 0.1) is 23.1 Å². The van der Waals surface area contributed by atoms with Gasteiger partial charge in [0.2, 0.25) is 5.91 Å². The van der Waals surface area contributed by atoms with Crippen molar-refractivity contribution in [2.75, 3.05) is 5.32 Å². The predicted molar refractivity (Wildman–Crippen MR) is 77.5 cm³/mol. The van der Waals surface area contributed by atoms with Crippen LogP contribution in [0.4, 0.5) is 10.1 Å². The Morgan fingerprint density at radius 3 is 2.77 bits per heavy atom. The molecule has 1 fully saturated rings. The van der Waals surface area contributed by atoms with Crippen LogP contribution < -0.4 is 5.32 Å². The second-order valence-corrected chi connectivity index (χ2v) is 5.34. The molecule has 1 saturated carbocycles. The first-order valence-electron chi connectivity index (χ1n) is 7.19. The molecule has 5 nitrogen and oxygen atoms in total. The van der Waals surface area contributed by atoms with E-state index < -0.39 is 23.8 Å². The molecule has 0 heterocycles. The number of carbonyl (C=O) groups is 2. The molecule has 1 aromatic rings. The fourth-order valence-corrected chi connectivity index (χ4v) is 2.53. The summed E-state index contributed by atoms with van der Waals surface area (Å²) in [7, 11) is 0. The van der Waals surface area contributed by atoms with Crippen molar-refractivity contribution in [3.8, 4) is 6.07 Å². The van der Waals surface area contributed by atoms with Gasteiger partial charge in [-0.3, -0.25) is 4.79 Å². The van der Waals surface area contributed by atoms with E-state index in [2.05, 4.69) is 11.4 Å². The van der Waals surface area contributed by atoms with E-state index in [0.29, 0.717) is 6.42 Å². The second kappa shape index (κ2) is 7.03. The van der Waals surface area contributed by atoms with Gasteiger partial charge in [-0.05, 0) is 37.5 Å². The summed E-state index contributed by atoms with van der Waals surface area (Å²) in [5, 5.41) is 11.4. The zero-order valence-corrected chi connectivity index (χ0v) is 12.3. The van der Waals surface area contributed by atoms with Crippen molar-refractivity contribution in [2.24, 2.45) is 5.92 Å². The number of nitrogens with zero attached hydrogens (tertiary/aromatic N) is 1. The summed E-state index contributed by atoms with van der Waals surface area (Å²) >= 11 is 0. The van der Waals surface area contributed by atoms with E-state index in [1.54, 1.807) is 0 Å². The van der Waals surface area contributed by atoms with Gasteiger partial charge in [-0.2, -0.15) is 5.26 Å². The van der Waals surface area contributed by atoms with Crippen LogP contribution in [0.25, 0.3) is 0 Å². The molecular weight excluding hydrogens is 287 g/mol. The van der Waals surface area contributed by atoms with E-state index in [1.165, 1.54) is 19.1 Å². The highest BCUT2D eigenvalue weighted by Crippen LogP contribution is 2.27. The first-order valence-corrected chi connectivity index (χ1v) is 7.19. The zero-order valence-electron chi connectivity index (χ0n) is 12.3. The van der Waals surface area contributed by atoms with Gasteiger partial charge >= 0.3 is 5.97 Å². The minimum atomic E-state index is -0.626. The molecule has 0 radical (unpaired) electrons. The Bertz CT molecular complexity index is 624. The van der Waals surface area contributed by atoms with E-state index in [9.17, 15) is 14.0 Å². The molecule has 22 heavy (non-hydrogen) atoms. The third-order valence-corrected chi connectivity index (χ3v) is 3.64. The second-order valence-electron chi connectivity index (χ2n) is 5.34. The van der Waals surface area contributed by atoms with Crippen molar-refractivity contribution >= 4 is 17.6 Å². The quantitative estimate of drug-likeness (QED) is 0.870. The largest absolute Gasteiger partial charge is 0.457 e. The van der Waals surface area contributed by atoms with Gasteiger partial charge in [0.25, 0.3) is 0 Å². The van der Waals surface area contributed by atoms with Crippen LogP contribution in [0.3, 0.4) is 0 Å². The average molecular weight is 304 g/mol. The van der Waals surface area contributed by atoms with Crippen molar-refractivity contribution in [3.05, 3.63) is 29.6 Å². The smallest absolute Gasteiger partial charge is 0.338 e. The first-order chi connectivity index (χ1) is 10.5. The minimum Gasteiger partial charge on any atom is -0.457 e. The third kappa shape index (κ3) is 3.82. The maximum atomic E-state index is 13.6. The van der Waals surface area contributed by atoms with Crippen LogP contribution in [-0.2, 0) is 9.53 Å². The van der Waals surface area contributed by atoms with Crippen molar-refractivity contribution in [3.63, 3.8) is 0 Å². The number of hydrogen-bond donors (Lipinski definition) is 1. The maximum absolute atomic E-state index is 13.6. The first kappa shape index (κ1) is 16.0. The van der Waals surface area contributed by atoms with E-state index in [1.807, 2.05) is 0 Å². The van der Waals surface area contributed by atoms with Crippen LogP contribution >= 0.6 is 0 Å². The van der Waals surface area contributed by atoms with Crippen LogP contribution in [0.2, 0.25) is 0 Å². The average Bonchev–Trinajstić information content (AvgIpc) is 2.49. The fraction of sp³-hybridized carbons (Fsp3) is 0.438. The number of benzene rings is 1. The van der Waals surface area contributed by atoms with Crippen LogP contribution in [0.5, 0.6) is 0 Å². The van der Waals surface area contributed by atoms with E-state index in [4.69, 9.17) is 10.00 Å². The molecule has 1 aromatic carbocycles. The molecule has 6 heteroatoms. The van der Waals surface area contributed by atoms with Crippen LogP contribution in [-0.4, -0.2) is 18.0 Å². The molecule has 0 bridgehead atoms. The topological polar surface area (TPSA) is 79.2 Å². The summed E-state index contributed by atoms with van der Waals surface area (Å²) in [6.45, 7) is 1.25. The summed E-state index contributed by atoms with van der Waals surface area (Å²) in [5.74, 6) is -1.97. The highest BCUT2D eigenvalue weighted by Gasteiger charge is 2.28. The molecule has 1 amide bonds. The Morgan fingerprint density at radius 1 is 1.36 bits per heavy atom. The van der Waals surface area contributed by atoms with Gasteiger partial charge in [-0.15, -0.1) is 0 Å². The molecule has 1 aliphatic rings. The standard InChI is InChI=1S/C16H17FN2O3/c1-10(20)19-14-8-11(6-7-13(14)17)16(21)22-15-5-3-2-4-12(15)9-18/h6-8,12,15H,2-5H2,1H3,(H,19,20)/t12-,15+/m0/s1. The Balaban J connectivity index is 2.12. The number of nitrogens with one attached hydrogen (secondary N) is 1. The Kier molecular flexibility index (Phi) is 5.10. The number of ether oxygens (including phenoxy) is 1. The molecule has 0 aliphatic heterocycles. The van der Waals surface area contributed by atoms with E-state index in [0.717, 1.165) is 25.3 Å². The number of halogens is 1. The van der Waals surface area contributed by atoms with Crippen LogP contribution in [0.15, 0.2) is 18.2 Å². The van der Waals surface area contributed by atoms with Gasteiger partial charge in [-0.1, -0.05) is 6.42 Å². The lowest BCUT2D eigenvalue weighted by Gasteiger charge is -2.26. The van der Waals surface area contributed by atoms with E-state index in [-0.39, 0.29) is 17.2 Å². The van der Waals surface area contributed by atoms with Gasteiger partial charge in [-0.25, -0.2) is 9.18 Å². The number of anilines is 1. The van der Waals surface area contributed by atoms with Gasteiger partial charge in [0, 0.05) is 6.92 Å². The van der Waals surface area contributed by atoms with Crippen molar-refractivity contribution in [2.45, 2.75) is 38.7 Å².